The fourth-order valence-electron chi connectivity index (χ4n) is 1.45. The average Bonchev–Trinajstić information content (AvgIpc) is 2.40. The van der Waals surface area contributed by atoms with Gasteiger partial charge in [-0.05, 0) is 31.2 Å². The Morgan fingerprint density at radius 1 is 1.30 bits per heavy atom. The molecule has 0 radical (unpaired) electrons. The fraction of sp³-hybridized carbons (Fsp3) is 0.462. The average molecular weight is 365 g/mol. The zero-order valence-electron chi connectivity index (χ0n) is 11.3. The Bertz CT molecular complexity index is 538. The number of hydrogen-bond donors (Lipinski definition) is 0. The number of benzene rings is 1. The van der Waals surface area contributed by atoms with Gasteiger partial charge in [-0.1, -0.05) is 15.9 Å². The highest BCUT2D eigenvalue weighted by Gasteiger charge is 2.23. The van der Waals surface area contributed by atoms with Crippen molar-refractivity contribution >= 4 is 31.7 Å². The summed E-state index contributed by atoms with van der Waals surface area (Å²) >= 11 is 3.30. The summed E-state index contributed by atoms with van der Waals surface area (Å²) in [6.45, 7) is 1.54. The highest BCUT2D eigenvalue weighted by Crippen LogP contribution is 2.16. The zero-order valence-corrected chi connectivity index (χ0v) is 13.7. The van der Waals surface area contributed by atoms with Crippen molar-refractivity contribution in [2.75, 3.05) is 19.5 Å². The van der Waals surface area contributed by atoms with Crippen molar-refractivity contribution in [3.8, 4) is 5.75 Å². The standard InChI is InChI=1S/C13H17BrO5S/c1-10(9-13(15)18-2)20(16,17)8-7-19-12-5-3-11(14)4-6-12/h3-6,10H,7-9H2,1-2H3. The number of carbonyl (C=O) groups excluding carboxylic acids is 1. The third-order valence-corrected chi connectivity index (χ3v) is 5.40. The van der Waals surface area contributed by atoms with E-state index in [1.807, 2.05) is 12.1 Å². The van der Waals surface area contributed by atoms with E-state index in [0.717, 1.165) is 4.47 Å². The highest BCUT2D eigenvalue weighted by atomic mass is 79.9. The van der Waals surface area contributed by atoms with Crippen LogP contribution in [0.2, 0.25) is 0 Å². The number of hydrogen-bond acceptors (Lipinski definition) is 5. The topological polar surface area (TPSA) is 69.7 Å². The Balaban J connectivity index is 2.47. The molecule has 20 heavy (non-hydrogen) atoms. The van der Waals surface area contributed by atoms with Crippen LogP contribution in [-0.2, 0) is 19.4 Å². The van der Waals surface area contributed by atoms with Crippen LogP contribution in [0.5, 0.6) is 5.75 Å². The molecule has 0 amide bonds. The summed E-state index contributed by atoms with van der Waals surface area (Å²) in [5.74, 6) is -0.0692. The Labute approximate surface area is 127 Å². The van der Waals surface area contributed by atoms with E-state index in [0.29, 0.717) is 5.75 Å². The number of esters is 1. The van der Waals surface area contributed by atoms with Gasteiger partial charge in [0.25, 0.3) is 0 Å². The van der Waals surface area contributed by atoms with E-state index in [1.165, 1.54) is 14.0 Å². The van der Waals surface area contributed by atoms with Gasteiger partial charge in [0.05, 0.1) is 24.5 Å². The normalized spacial score (nSPS) is 12.8. The molecule has 0 saturated carbocycles. The van der Waals surface area contributed by atoms with Crippen molar-refractivity contribution in [3.63, 3.8) is 0 Å². The number of rotatable bonds is 7. The summed E-state index contributed by atoms with van der Waals surface area (Å²) in [7, 11) is -2.14. The van der Waals surface area contributed by atoms with Crippen molar-refractivity contribution in [1.82, 2.24) is 0 Å². The minimum absolute atomic E-state index is 0.0511. The van der Waals surface area contributed by atoms with Gasteiger partial charge < -0.3 is 9.47 Å². The number of sulfone groups is 1. The lowest BCUT2D eigenvalue weighted by molar-refractivity contribution is -0.140. The Morgan fingerprint density at radius 3 is 2.45 bits per heavy atom. The van der Waals surface area contributed by atoms with Crippen molar-refractivity contribution in [2.24, 2.45) is 0 Å². The minimum Gasteiger partial charge on any atom is -0.493 e. The van der Waals surface area contributed by atoms with Crippen LogP contribution in [0.15, 0.2) is 28.7 Å². The Hall–Kier alpha value is -1.08. The van der Waals surface area contributed by atoms with Gasteiger partial charge in [0.1, 0.15) is 12.4 Å². The molecule has 0 saturated heterocycles. The first-order chi connectivity index (χ1) is 9.35. The summed E-state index contributed by atoms with van der Waals surface area (Å²) in [5, 5.41) is -0.775. The molecule has 0 spiro atoms. The quantitative estimate of drug-likeness (QED) is 0.693. The van der Waals surface area contributed by atoms with Crippen LogP contribution < -0.4 is 4.74 Å². The Morgan fingerprint density at radius 2 is 1.90 bits per heavy atom. The van der Waals surface area contributed by atoms with E-state index in [1.54, 1.807) is 12.1 Å². The first kappa shape index (κ1) is 17.0. The molecule has 0 fully saturated rings. The molecule has 0 aliphatic carbocycles. The molecular formula is C13H17BrO5S. The van der Waals surface area contributed by atoms with E-state index in [-0.39, 0.29) is 18.8 Å². The van der Waals surface area contributed by atoms with Crippen LogP contribution >= 0.6 is 15.9 Å². The van der Waals surface area contributed by atoms with Crippen LogP contribution in [0.4, 0.5) is 0 Å². The molecule has 7 heteroatoms. The lowest BCUT2D eigenvalue weighted by Gasteiger charge is -2.12. The van der Waals surface area contributed by atoms with Gasteiger partial charge in [0.15, 0.2) is 9.84 Å². The Kier molecular flexibility index (Phi) is 6.48. The predicted molar refractivity (Wildman–Crippen MR) is 79.5 cm³/mol. The van der Waals surface area contributed by atoms with E-state index in [4.69, 9.17) is 4.74 Å². The molecule has 0 aromatic heterocycles. The van der Waals surface area contributed by atoms with Gasteiger partial charge in [-0.2, -0.15) is 0 Å². The second-order valence-electron chi connectivity index (χ2n) is 4.26. The molecule has 0 aliphatic rings. The third-order valence-electron chi connectivity index (χ3n) is 2.75. The van der Waals surface area contributed by atoms with Gasteiger partial charge in [0.2, 0.25) is 0 Å². The van der Waals surface area contributed by atoms with Crippen molar-refractivity contribution in [2.45, 2.75) is 18.6 Å². The summed E-state index contributed by atoms with van der Waals surface area (Å²) < 4.78 is 34.6. The number of ether oxygens (including phenoxy) is 2. The third kappa shape index (κ3) is 5.50. The monoisotopic (exact) mass is 364 g/mol. The maximum absolute atomic E-state index is 11.9. The number of halogens is 1. The summed E-state index contributed by atoms with van der Waals surface area (Å²) in [5.41, 5.74) is 0. The van der Waals surface area contributed by atoms with Crippen LogP contribution in [0.3, 0.4) is 0 Å². The lowest BCUT2D eigenvalue weighted by atomic mass is 10.3. The molecule has 0 heterocycles. The summed E-state index contributed by atoms with van der Waals surface area (Å²) in [6, 6.07) is 7.11. The van der Waals surface area contributed by atoms with E-state index >= 15 is 0 Å². The maximum atomic E-state index is 11.9. The fourth-order valence-corrected chi connectivity index (χ4v) is 2.83. The van der Waals surface area contributed by atoms with Crippen molar-refractivity contribution in [3.05, 3.63) is 28.7 Å². The maximum Gasteiger partial charge on any atom is 0.306 e. The van der Waals surface area contributed by atoms with Crippen LogP contribution in [-0.4, -0.2) is 39.1 Å². The van der Waals surface area contributed by atoms with Gasteiger partial charge in [-0.3, -0.25) is 4.79 Å². The number of methoxy groups -OCH3 is 1. The molecule has 1 unspecified atom stereocenters. The summed E-state index contributed by atoms with van der Waals surface area (Å²) in [6.07, 6.45) is -0.142. The molecule has 1 aromatic rings. The van der Waals surface area contributed by atoms with Crippen LogP contribution in [0, 0.1) is 0 Å². The first-order valence-electron chi connectivity index (χ1n) is 6.02. The molecule has 1 rings (SSSR count). The zero-order chi connectivity index (χ0) is 15.2. The second-order valence-corrected chi connectivity index (χ2v) is 7.71. The van der Waals surface area contributed by atoms with Crippen molar-refractivity contribution in [1.29, 1.82) is 0 Å². The summed E-state index contributed by atoms with van der Waals surface area (Å²) in [4.78, 5) is 11.1. The minimum atomic E-state index is -3.38. The molecule has 0 aliphatic heterocycles. The lowest BCUT2D eigenvalue weighted by Crippen LogP contribution is -2.27. The highest BCUT2D eigenvalue weighted by molar-refractivity contribution is 9.10. The predicted octanol–water partition coefficient (Wildman–Crippen LogP) is 2.19. The van der Waals surface area contributed by atoms with Gasteiger partial charge in [-0.25, -0.2) is 8.42 Å². The van der Waals surface area contributed by atoms with E-state index < -0.39 is 21.1 Å². The molecule has 1 aromatic carbocycles. The second kappa shape index (κ2) is 7.64. The molecule has 5 nitrogen and oxygen atoms in total. The molecular weight excluding hydrogens is 348 g/mol. The van der Waals surface area contributed by atoms with Crippen LogP contribution in [0.1, 0.15) is 13.3 Å². The van der Waals surface area contributed by atoms with E-state index in [9.17, 15) is 13.2 Å². The van der Waals surface area contributed by atoms with Gasteiger partial charge in [-0.15, -0.1) is 0 Å². The van der Waals surface area contributed by atoms with Gasteiger partial charge in [0, 0.05) is 4.47 Å². The molecule has 112 valence electrons. The molecule has 1 atom stereocenters. The smallest absolute Gasteiger partial charge is 0.306 e. The molecule has 0 bridgehead atoms. The van der Waals surface area contributed by atoms with Gasteiger partial charge >= 0.3 is 5.97 Å². The number of carbonyl (C=O) groups is 1. The van der Waals surface area contributed by atoms with E-state index in [2.05, 4.69) is 20.7 Å². The largest absolute Gasteiger partial charge is 0.493 e. The first-order valence-corrected chi connectivity index (χ1v) is 8.52. The van der Waals surface area contributed by atoms with Crippen LogP contribution in [0.25, 0.3) is 0 Å². The SMILES string of the molecule is COC(=O)CC(C)S(=O)(=O)CCOc1ccc(Br)cc1. The molecule has 0 N–H and O–H groups in total. The van der Waals surface area contributed by atoms with Crippen molar-refractivity contribution < 1.29 is 22.7 Å².